The Hall–Kier alpha value is -0.180. The van der Waals surface area contributed by atoms with Crippen molar-refractivity contribution >= 4 is 22.6 Å². The molecule has 15 heavy (non-hydrogen) atoms. The van der Waals surface area contributed by atoms with Gasteiger partial charge in [0.05, 0.1) is 42.2 Å². The van der Waals surface area contributed by atoms with Crippen molar-refractivity contribution in [3.05, 3.63) is 16.0 Å². The average Bonchev–Trinajstić information content (AvgIpc) is 2.59. The zero-order valence-corrected chi connectivity index (χ0v) is 10.8. The first kappa shape index (κ1) is 12.9. The van der Waals surface area contributed by atoms with Gasteiger partial charge in [0, 0.05) is 13.3 Å². The molecule has 0 saturated carbocycles. The number of aliphatic hydroxyl groups excluding tert-OH is 1. The van der Waals surface area contributed by atoms with E-state index in [1.807, 2.05) is 6.20 Å². The van der Waals surface area contributed by atoms with E-state index in [-0.39, 0.29) is 0 Å². The molecule has 0 aromatic carbocycles. The van der Waals surface area contributed by atoms with Gasteiger partial charge in [0.25, 0.3) is 0 Å². The van der Waals surface area contributed by atoms with E-state index >= 15 is 0 Å². The van der Waals surface area contributed by atoms with Crippen molar-refractivity contribution in [2.75, 3.05) is 26.9 Å². The molecule has 1 unspecified atom stereocenters. The molecule has 1 heterocycles. The van der Waals surface area contributed by atoms with Crippen LogP contribution in [-0.2, 0) is 16.0 Å². The third kappa shape index (κ3) is 5.45. The Labute approximate surface area is 103 Å². The number of halogens is 1. The van der Waals surface area contributed by atoms with Crippen LogP contribution in [0.3, 0.4) is 0 Å². The molecule has 1 aromatic rings. The van der Waals surface area contributed by atoms with Crippen molar-refractivity contribution < 1.29 is 14.6 Å². The second-order valence-corrected chi connectivity index (χ2v) is 4.35. The Balaban J connectivity index is 2.15. The minimum Gasteiger partial charge on any atom is -0.389 e. The molecule has 0 aliphatic carbocycles. The molecule has 0 aliphatic heterocycles. The maximum atomic E-state index is 9.58. The molecule has 6 heteroatoms. The minimum atomic E-state index is -0.530. The van der Waals surface area contributed by atoms with E-state index in [1.54, 1.807) is 18.0 Å². The van der Waals surface area contributed by atoms with Gasteiger partial charge in [-0.15, -0.1) is 0 Å². The Morgan fingerprint density at radius 3 is 3.00 bits per heavy atom. The molecule has 0 aliphatic rings. The van der Waals surface area contributed by atoms with Crippen LogP contribution in [0, 0.1) is 3.57 Å². The van der Waals surface area contributed by atoms with Gasteiger partial charge < -0.3 is 14.6 Å². The van der Waals surface area contributed by atoms with Crippen LogP contribution in [-0.4, -0.2) is 47.9 Å². The normalized spacial score (nSPS) is 13.0. The molecule has 0 spiro atoms. The number of methoxy groups -OCH3 is 1. The molecule has 86 valence electrons. The lowest BCUT2D eigenvalue weighted by molar-refractivity contribution is 0.00597. The molecule has 0 fully saturated rings. The van der Waals surface area contributed by atoms with Crippen LogP contribution in [0.1, 0.15) is 0 Å². The van der Waals surface area contributed by atoms with Gasteiger partial charge >= 0.3 is 0 Å². The van der Waals surface area contributed by atoms with Gasteiger partial charge in [-0.25, -0.2) is 0 Å². The molecule has 0 saturated heterocycles. The lowest BCUT2D eigenvalue weighted by Crippen LogP contribution is -2.23. The smallest absolute Gasteiger partial charge is 0.0969 e. The van der Waals surface area contributed by atoms with Crippen LogP contribution in [0.15, 0.2) is 12.4 Å². The first-order valence-corrected chi connectivity index (χ1v) is 5.73. The number of nitrogens with zero attached hydrogens (tertiary/aromatic N) is 2. The summed E-state index contributed by atoms with van der Waals surface area (Å²) in [5, 5.41) is 13.7. The largest absolute Gasteiger partial charge is 0.389 e. The van der Waals surface area contributed by atoms with E-state index in [1.165, 1.54) is 0 Å². The van der Waals surface area contributed by atoms with Gasteiger partial charge in [0.1, 0.15) is 0 Å². The summed E-state index contributed by atoms with van der Waals surface area (Å²) in [6, 6.07) is 0. The molecular formula is C9H15IN2O3. The van der Waals surface area contributed by atoms with E-state index in [2.05, 4.69) is 27.7 Å². The van der Waals surface area contributed by atoms with Gasteiger partial charge in [-0.05, 0) is 22.6 Å². The maximum absolute atomic E-state index is 9.58. The summed E-state index contributed by atoms with van der Waals surface area (Å²) in [7, 11) is 1.62. The summed E-state index contributed by atoms with van der Waals surface area (Å²) in [6.45, 7) is 1.81. The molecule has 1 atom stereocenters. The van der Waals surface area contributed by atoms with Crippen LogP contribution in [0.25, 0.3) is 0 Å². The van der Waals surface area contributed by atoms with Gasteiger partial charge in [-0.2, -0.15) is 5.10 Å². The summed E-state index contributed by atoms with van der Waals surface area (Å²) in [5.41, 5.74) is 0. The summed E-state index contributed by atoms with van der Waals surface area (Å²) < 4.78 is 12.8. The Kier molecular flexibility index (Phi) is 6.15. The lowest BCUT2D eigenvalue weighted by atomic mass is 10.4. The van der Waals surface area contributed by atoms with Crippen LogP contribution >= 0.6 is 22.6 Å². The van der Waals surface area contributed by atoms with E-state index < -0.39 is 6.10 Å². The maximum Gasteiger partial charge on any atom is 0.0969 e. The van der Waals surface area contributed by atoms with Crippen LogP contribution in [0.4, 0.5) is 0 Å². The number of hydrogen-bond donors (Lipinski definition) is 1. The minimum absolute atomic E-state index is 0.305. The Morgan fingerprint density at radius 1 is 1.60 bits per heavy atom. The molecular weight excluding hydrogens is 311 g/mol. The zero-order valence-electron chi connectivity index (χ0n) is 8.60. The highest BCUT2D eigenvalue weighted by atomic mass is 127. The highest BCUT2D eigenvalue weighted by Crippen LogP contribution is 2.02. The van der Waals surface area contributed by atoms with Crippen molar-refractivity contribution in [2.24, 2.45) is 0 Å². The van der Waals surface area contributed by atoms with E-state index in [0.29, 0.717) is 26.4 Å². The molecule has 0 bridgehead atoms. The van der Waals surface area contributed by atoms with Gasteiger partial charge in [-0.3, -0.25) is 4.68 Å². The summed E-state index contributed by atoms with van der Waals surface area (Å²) in [6.07, 6.45) is 3.09. The first-order chi connectivity index (χ1) is 7.22. The molecule has 1 rings (SSSR count). The lowest BCUT2D eigenvalue weighted by Gasteiger charge is -2.10. The second-order valence-electron chi connectivity index (χ2n) is 3.10. The van der Waals surface area contributed by atoms with E-state index in [0.717, 1.165) is 3.57 Å². The Bertz CT molecular complexity index is 280. The highest BCUT2D eigenvalue weighted by molar-refractivity contribution is 14.1. The fourth-order valence-corrected chi connectivity index (χ4v) is 1.51. The number of aromatic nitrogens is 2. The molecule has 0 amide bonds. The topological polar surface area (TPSA) is 56.5 Å². The van der Waals surface area contributed by atoms with Crippen LogP contribution in [0.2, 0.25) is 0 Å². The van der Waals surface area contributed by atoms with Gasteiger partial charge in [0.15, 0.2) is 0 Å². The number of hydrogen-bond acceptors (Lipinski definition) is 4. The summed E-state index contributed by atoms with van der Waals surface area (Å²) in [4.78, 5) is 0. The van der Waals surface area contributed by atoms with Crippen LogP contribution < -0.4 is 0 Å². The predicted molar refractivity (Wildman–Crippen MR) is 63.6 cm³/mol. The van der Waals surface area contributed by atoms with Crippen LogP contribution in [0.5, 0.6) is 0 Å². The SMILES string of the molecule is COCCOCC(O)Cn1cc(I)cn1. The van der Waals surface area contributed by atoms with E-state index in [9.17, 15) is 5.11 Å². The van der Waals surface area contributed by atoms with Gasteiger partial charge in [-0.1, -0.05) is 0 Å². The molecule has 0 radical (unpaired) electrons. The number of ether oxygens (including phenoxy) is 2. The number of aliphatic hydroxyl groups is 1. The van der Waals surface area contributed by atoms with Crippen molar-refractivity contribution in [1.29, 1.82) is 0 Å². The first-order valence-electron chi connectivity index (χ1n) is 4.65. The van der Waals surface area contributed by atoms with Crippen molar-refractivity contribution in [2.45, 2.75) is 12.6 Å². The quantitative estimate of drug-likeness (QED) is 0.586. The second kappa shape index (κ2) is 7.15. The predicted octanol–water partition coefficient (Wildman–Crippen LogP) is 0.512. The van der Waals surface area contributed by atoms with Crippen molar-refractivity contribution in [1.82, 2.24) is 9.78 Å². The zero-order chi connectivity index (χ0) is 11.1. The average molecular weight is 326 g/mol. The highest BCUT2D eigenvalue weighted by Gasteiger charge is 2.06. The molecule has 5 nitrogen and oxygen atoms in total. The van der Waals surface area contributed by atoms with Gasteiger partial charge in [0.2, 0.25) is 0 Å². The third-order valence-corrected chi connectivity index (χ3v) is 2.30. The number of rotatable bonds is 7. The van der Waals surface area contributed by atoms with Crippen molar-refractivity contribution in [3.63, 3.8) is 0 Å². The standard InChI is InChI=1S/C9H15IN2O3/c1-14-2-3-15-7-9(13)6-12-5-8(10)4-11-12/h4-5,9,13H,2-3,6-7H2,1H3. The molecule has 1 N–H and O–H groups in total. The molecule has 1 aromatic heterocycles. The Morgan fingerprint density at radius 2 is 2.40 bits per heavy atom. The third-order valence-electron chi connectivity index (χ3n) is 1.74. The monoisotopic (exact) mass is 326 g/mol. The fraction of sp³-hybridized carbons (Fsp3) is 0.667. The van der Waals surface area contributed by atoms with Crippen molar-refractivity contribution in [3.8, 4) is 0 Å². The summed E-state index contributed by atoms with van der Waals surface area (Å²) >= 11 is 2.17. The summed E-state index contributed by atoms with van der Waals surface area (Å²) in [5.74, 6) is 0. The van der Waals surface area contributed by atoms with E-state index in [4.69, 9.17) is 9.47 Å². The fourth-order valence-electron chi connectivity index (χ4n) is 1.07.